The molecule has 132 valence electrons. The first-order valence-corrected chi connectivity index (χ1v) is 10.4. The monoisotopic (exact) mass is 401 g/mol. The van der Waals surface area contributed by atoms with E-state index in [2.05, 4.69) is 5.32 Å². The summed E-state index contributed by atoms with van der Waals surface area (Å²) in [4.78, 5) is 15.8. The second-order valence-corrected chi connectivity index (χ2v) is 8.28. The minimum Gasteiger partial charge on any atom is -0.492 e. The lowest BCUT2D eigenvalue weighted by molar-refractivity contribution is 0.103. The summed E-state index contributed by atoms with van der Waals surface area (Å²) < 4.78 is 5.59. The predicted octanol–water partition coefficient (Wildman–Crippen LogP) is 6.33. The van der Waals surface area contributed by atoms with Crippen molar-refractivity contribution in [1.29, 1.82) is 0 Å². The third-order valence-corrected chi connectivity index (χ3v) is 6.59. The Bertz CT molecular complexity index is 984. The molecule has 0 radical (unpaired) electrons. The van der Waals surface area contributed by atoms with Gasteiger partial charge in [-0.05, 0) is 42.8 Å². The fraction of sp³-hybridized carbons (Fsp3) is 0.150. The van der Waals surface area contributed by atoms with Crippen LogP contribution in [0.4, 0.5) is 5.69 Å². The van der Waals surface area contributed by atoms with Gasteiger partial charge >= 0.3 is 0 Å². The summed E-state index contributed by atoms with van der Waals surface area (Å²) in [5.74, 6) is 1.42. The molecule has 0 unspecified atom stereocenters. The van der Waals surface area contributed by atoms with Crippen LogP contribution in [-0.4, -0.2) is 12.5 Å². The average Bonchev–Trinajstić information content (AvgIpc) is 3.08. The molecule has 0 saturated heterocycles. The highest BCUT2D eigenvalue weighted by Gasteiger charge is 2.22. The standard InChI is InChI=1S/C20H16ClNO2S2/c1-2-24-16-6-4-3-5-15(16)22-20(23)18-9-12-11-25-17-10-13(21)7-8-14(17)19(12)26-18/h3-10H,2,11H2,1H3,(H,22,23). The Morgan fingerprint density at radius 1 is 1.23 bits per heavy atom. The van der Waals surface area contributed by atoms with Crippen LogP contribution in [0.2, 0.25) is 5.02 Å². The Hall–Kier alpha value is -1.95. The average molecular weight is 402 g/mol. The highest BCUT2D eigenvalue weighted by molar-refractivity contribution is 7.98. The van der Waals surface area contributed by atoms with Gasteiger partial charge in [0.25, 0.3) is 5.91 Å². The van der Waals surface area contributed by atoms with E-state index in [0.717, 1.165) is 21.2 Å². The minimum atomic E-state index is -0.114. The molecule has 1 amide bonds. The first-order valence-electron chi connectivity index (χ1n) is 8.24. The van der Waals surface area contributed by atoms with E-state index in [0.29, 0.717) is 22.9 Å². The Kier molecular flexibility index (Phi) is 4.94. The van der Waals surface area contributed by atoms with Gasteiger partial charge in [-0.1, -0.05) is 29.8 Å². The molecule has 26 heavy (non-hydrogen) atoms. The molecule has 1 aromatic heterocycles. The van der Waals surface area contributed by atoms with E-state index in [-0.39, 0.29) is 5.91 Å². The summed E-state index contributed by atoms with van der Waals surface area (Å²) in [5, 5.41) is 3.71. The van der Waals surface area contributed by atoms with Crippen LogP contribution in [0.5, 0.6) is 5.75 Å². The number of amides is 1. The number of thiophene rings is 1. The van der Waals surface area contributed by atoms with Gasteiger partial charge in [0.1, 0.15) is 5.75 Å². The van der Waals surface area contributed by atoms with Crippen LogP contribution in [0.3, 0.4) is 0 Å². The molecule has 1 aliphatic heterocycles. The quantitative estimate of drug-likeness (QED) is 0.555. The number of halogens is 1. The molecule has 1 aliphatic rings. The first-order chi connectivity index (χ1) is 12.7. The third kappa shape index (κ3) is 3.34. The number of para-hydroxylation sites is 2. The number of anilines is 1. The van der Waals surface area contributed by atoms with Crippen molar-refractivity contribution in [3.05, 3.63) is 64.0 Å². The fourth-order valence-electron chi connectivity index (χ4n) is 2.87. The summed E-state index contributed by atoms with van der Waals surface area (Å²) in [6.45, 7) is 2.48. The molecule has 0 fully saturated rings. The molecular formula is C20H16ClNO2S2. The van der Waals surface area contributed by atoms with Gasteiger partial charge in [-0.25, -0.2) is 0 Å². The number of hydrogen-bond acceptors (Lipinski definition) is 4. The van der Waals surface area contributed by atoms with Crippen LogP contribution in [0.15, 0.2) is 53.4 Å². The van der Waals surface area contributed by atoms with Crippen molar-refractivity contribution in [1.82, 2.24) is 0 Å². The SMILES string of the molecule is CCOc1ccccc1NC(=O)c1cc2c(s1)-c1ccc(Cl)cc1SC2. The summed E-state index contributed by atoms with van der Waals surface area (Å²) >= 11 is 9.38. The maximum atomic E-state index is 12.8. The second kappa shape index (κ2) is 7.35. The molecule has 0 aliphatic carbocycles. The van der Waals surface area contributed by atoms with Crippen LogP contribution >= 0.6 is 34.7 Å². The molecule has 1 N–H and O–H groups in total. The van der Waals surface area contributed by atoms with E-state index in [1.165, 1.54) is 21.8 Å². The molecule has 3 aromatic rings. The number of hydrogen-bond donors (Lipinski definition) is 1. The molecule has 6 heteroatoms. The normalized spacial score (nSPS) is 12.2. The Labute approximate surface area is 165 Å². The molecule has 3 nitrogen and oxygen atoms in total. The Balaban J connectivity index is 1.63. The highest BCUT2D eigenvalue weighted by atomic mass is 35.5. The van der Waals surface area contributed by atoms with Crippen molar-refractivity contribution in [2.24, 2.45) is 0 Å². The summed E-state index contributed by atoms with van der Waals surface area (Å²) in [7, 11) is 0. The van der Waals surface area contributed by atoms with Gasteiger partial charge in [-0.3, -0.25) is 4.79 Å². The molecule has 4 rings (SSSR count). The Morgan fingerprint density at radius 3 is 2.92 bits per heavy atom. The number of carbonyl (C=O) groups is 1. The Morgan fingerprint density at radius 2 is 2.08 bits per heavy atom. The largest absolute Gasteiger partial charge is 0.492 e. The van der Waals surface area contributed by atoms with Crippen molar-refractivity contribution in [3.63, 3.8) is 0 Å². The van der Waals surface area contributed by atoms with E-state index in [1.54, 1.807) is 11.8 Å². The lowest BCUT2D eigenvalue weighted by Crippen LogP contribution is -2.11. The molecule has 0 bridgehead atoms. The zero-order valence-corrected chi connectivity index (χ0v) is 16.4. The lowest BCUT2D eigenvalue weighted by atomic mass is 10.1. The van der Waals surface area contributed by atoms with Crippen molar-refractivity contribution < 1.29 is 9.53 Å². The van der Waals surface area contributed by atoms with Crippen molar-refractivity contribution in [3.8, 4) is 16.2 Å². The van der Waals surface area contributed by atoms with E-state index >= 15 is 0 Å². The van der Waals surface area contributed by atoms with E-state index in [1.807, 2.05) is 55.5 Å². The summed E-state index contributed by atoms with van der Waals surface area (Å²) in [5.41, 5.74) is 3.03. The van der Waals surface area contributed by atoms with E-state index in [4.69, 9.17) is 16.3 Å². The topological polar surface area (TPSA) is 38.3 Å². The number of rotatable bonds is 4. The third-order valence-electron chi connectivity index (χ3n) is 4.04. The summed E-state index contributed by atoms with van der Waals surface area (Å²) in [6.07, 6.45) is 0. The zero-order chi connectivity index (χ0) is 18.1. The van der Waals surface area contributed by atoms with Crippen LogP contribution in [0.25, 0.3) is 10.4 Å². The first kappa shape index (κ1) is 17.5. The minimum absolute atomic E-state index is 0.114. The zero-order valence-electron chi connectivity index (χ0n) is 14.0. The van der Waals surface area contributed by atoms with Gasteiger partial charge in [0, 0.05) is 26.1 Å². The van der Waals surface area contributed by atoms with Crippen molar-refractivity contribution in [2.45, 2.75) is 17.6 Å². The molecule has 0 atom stereocenters. The number of carbonyl (C=O) groups excluding carboxylic acids is 1. The molecule has 0 spiro atoms. The highest BCUT2D eigenvalue weighted by Crippen LogP contribution is 2.46. The number of ether oxygens (including phenoxy) is 1. The van der Waals surface area contributed by atoms with Gasteiger partial charge in [0.15, 0.2) is 0 Å². The van der Waals surface area contributed by atoms with Crippen LogP contribution in [0, 0.1) is 0 Å². The van der Waals surface area contributed by atoms with Crippen molar-refractivity contribution >= 4 is 46.3 Å². The van der Waals surface area contributed by atoms with Crippen LogP contribution < -0.4 is 10.1 Å². The van der Waals surface area contributed by atoms with E-state index in [9.17, 15) is 4.79 Å². The fourth-order valence-corrected chi connectivity index (χ4v) is 5.45. The van der Waals surface area contributed by atoms with Gasteiger partial charge in [-0.2, -0.15) is 0 Å². The lowest BCUT2D eigenvalue weighted by Gasteiger charge is -2.15. The van der Waals surface area contributed by atoms with Crippen LogP contribution in [0.1, 0.15) is 22.2 Å². The predicted molar refractivity (Wildman–Crippen MR) is 110 cm³/mol. The molecule has 2 heterocycles. The van der Waals surface area contributed by atoms with Gasteiger partial charge in [-0.15, -0.1) is 23.1 Å². The van der Waals surface area contributed by atoms with Gasteiger partial charge in [0.05, 0.1) is 17.2 Å². The maximum Gasteiger partial charge on any atom is 0.265 e. The van der Waals surface area contributed by atoms with Crippen molar-refractivity contribution in [2.75, 3.05) is 11.9 Å². The number of benzene rings is 2. The van der Waals surface area contributed by atoms with Crippen LogP contribution in [-0.2, 0) is 5.75 Å². The smallest absolute Gasteiger partial charge is 0.265 e. The van der Waals surface area contributed by atoms with Gasteiger partial charge in [0.2, 0.25) is 0 Å². The van der Waals surface area contributed by atoms with E-state index < -0.39 is 0 Å². The molecule has 0 saturated carbocycles. The summed E-state index contributed by atoms with van der Waals surface area (Å²) in [6, 6.07) is 15.4. The second-order valence-electron chi connectivity index (χ2n) is 5.78. The molecule has 2 aromatic carbocycles. The number of thioether (sulfide) groups is 1. The van der Waals surface area contributed by atoms with Gasteiger partial charge < -0.3 is 10.1 Å². The number of fused-ring (bicyclic) bond motifs is 3. The number of nitrogens with one attached hydrogen (secondary N) is 1. The maximum absolute atomic E-state index is 12.8. The molecular weight excluding hydrogens is 386 g/mol.